The minimum absolute atomic E-state index is 0.108. The Morgan fingerprint density at radius 1 is 1.50 bits per heavy atom. The molecule has 0 radical (unpaired) electrons. The third-order valence-electron chi connectivity index (χ3n) is 2.25. The zero-order chi connectivity index (χ0) is 13.6. The number of halogens is 3. The van der Waals surface area contributed by atoms with Crippen molar-refractivity contribution in [2.24, 2.45) is 0 Å². The van der Waals surface area contributed by atoms with Gasteiger partial charge in [-0.15, -0.1) is 0 Å². The standard InChI is InChI=1S/C11H16F3N3O/c1-2-16-9(6-18-7-11(12,13)14)8-4-3-5-17-10(8)15/h3-5,9,16H,2,6-7H2,1H3,(H2,15,17). The maximum Gasteiger partial charge on any atom is 0.411 e. The lowest BCUT2D eigenvalue weighted by molar-refractivity contribution is -0.175. The van der Waals surface area contributed by atoms with Crippen LogP contribution >= 0.6 is 0 Å². The molecule has 102 valence electrons. The number of nitrogens with two attached hydrogens (primary N) is 1. The summed E-state index contributed by atoms with van der Waals surface area (Å²) in [5.41, 5.74) is 6.32. The molecule has 0 saturated heterocycles. The molecule has 0 amide bonds. The Kier molecular flexibility index (Phi) is 5.36. The molecule has 1 heterocycles. The summed E-state index contributed by atoms with van der Waals surface area (Å²) in [6, 6.07) is 3.00. The third-order valence-corrected chi connectivity index (χ3v) is 2.25. The lowest BCUT2D eigenvalue weighted by atomic mass is 10.1. The first-order chi connectivity index (χ1) is 8.44. The lowest BCUT2D eigenvalue weighted by Gasteiger charge is -2.19. The molecule has 7 heteroatoms. The topological polar surface area (TPSA) is 60.2 Å². The van der Waals surface area contributed by atoms with Crippen LogP contribution in [0.2, 0.25) is 0 Å². The number of likely N-dealkylation sites (N-methyl/N-ethyl adjacent to an activating group) is 1. The van der Waals surface area contributed by atoms with Crippen LogP contribution in [0.15, 0.2) is 18.3 Å². The Balaban J connectivity index is 2.63. The maximum absolute atomic E-state index is 12.0. The van der Waals surface area contributed by atoms with E-state index < -0.39 is 18.8 Å². The fourth-order valence-corrected chi connectivity index (χ4v) is 1.52. The van der Waals surface area contributed by atoms with Gasteiger partial charge in [0.05, 0.1) is 12.6 Å². The number of hydrogen-bond acceptors (Lipinski definition) is 4. The quantitative estimate of drug-likeness (QED) is 0.823. The van der Waals surface area contributed by atoms with E-state index in [1.54, 1.807) is 12.1 Å². The van der Waals surface area contributed by atoms with Gasteiger partial charge >= 0.3 is 6.18 Å². The van der Waals surface area contributed by atoms with Crippen LogP contribution < -0.4 is 11.1 Å². The summed E-state index contributed by atoms with van der Waals surface area (Å²) in [4.78, 5) is 3.90. The van der Waals surface area contributed by atoms with Crippen molar-refractivity contribution in [3.63, 3.8) is 0 Å². The fraction of sp³-hybridized carbons (Fsp3) is 0.545. The van der Waals surface area contributed by atoms with Crippen molar-refractivity contribution >= 4 is 5.82 Å². The Morgan fingerprint density at radius 2 is 2.22 bits per heavy atom. The average molecular weight is 263 g/mol. The second-order valence-corrected chi connectivity index (χ2v) is 3.72. The third kappa shape index (κ3) is 4.89. The van der Waals surface area contributed by atoms with E-state index in [1.807, 2.05) is 6.92 Å². The molecule has 1 aromatic heterocycles. The number of alkyl halides is 3. The van der Waals surface area contributed by atoms with Crippen molar-refractivity contribution in [3.05, 3.63) is 23.9 Å². The van der Waals surface area contributed by atoms with E-state index in [-0.39, 0.29) is 6.61 Å². The van der Waals surface area contributed by atoms with E-state index in [0.717, 1.165) is 0 Å². The summed E-state index contributed by atoms with van der Waals surface area (Å²) in [6.45, 7) is 1.07. The molecule has 0 aromatic carbocycles. The van der Waals surface area contributed by atoms with Gasteiger partial charge in [-0.3, -0.25) is 0 Å². The van der Waals surface area contributed by atoms with Crippen molar-refractivity contribution in [3.8, 4) is 0 Å². The maximum atomic E-state index is 12.0. The number of aromatic nitrogens is 1. The van der Waals surface area contributed by atoms with Crippen LogP contribution in [0.1, 0.15) is 18.5 Å². The van der Waals surface area contributed by atoms with E-state index in [4.69, 9.17) is 5.73 Å². The minimum atomic E-state index is -4.32. The summed E-state index contributed by atoms with van der Waals surface area (Å²) in [5, 5.41) is 3.01. The highest BCUT2D eigenvalue weighted by atomic mass is 19.4. The SMILES string of the molecule is CCNC(COCC(F)(F)F)c1cccnc1N. The van der Waals surface area contributed by atoms with Gasteiger partial charge in [-0.1, -0.05) is 13.0 Å². The van der Waals surface area contributed by atoms with Crippen LogP contribution in [-0.4, -0.2) is 30.9 Å². The smallest absolute Gasteiger partial charge is 0.383 e. The fourth-order valence-electron chi connectivity index (χ4n) is 1.52. The summed E-state index contributed by atoms with van der Waals surface area (Å²) < 4.78 is 40.6. The molecule has 1 aromatic rings. The van der Waals surface area contributed by atoms with Crippen LogP contribution in [0.3, 0.4) is 0 Å². The predicted molar refractivity (Wildman–Crippen MR) is 61.9 cm³/mol. The zero-order valence-corrected chi connectivity index (χ0v) is 10.00. The van der Waals surface area contributed by atoms with E-state index in [1.165, 1.54) is 6.20 Å². The normalized spacial score (nSPS) is 13.6. The molecule has 3 N–H and O–H groups in total. The number of rotatable bonds is 6. The highest BCUT2D eigenvalue weighted by Gasteiger charge is 2.28. The summed E-state index contributed by atoms with van der Waals surface area (Å²) >= 11 is 0. The second-order valence-electron chi connectivity index (χ2n) is 3.72. The predicted octanol–water partition coefficient (Wildman–Crippen LogP) is 1.89. The first-order valence-electron chi connectivity index (χ1n) is 5.52. The number of ether oxygens (including phenoxy) is 1. The second kappa shape index (κ2) is 6.55. The Bertz CT molecular complexity index is 371. The lowest BCUT2D eigenvalue weighted by Crippen LogP contribution is -2.28. The molecule has 1 rings (SSSR count). The van der Waals surface area contributed by atoms with Gasteiger partial charge in [-0.2, -0.15) is 13.2 Å². The van der Waals surface area contributed by atoms with E-state index in [0.29, 0.717) is 17.9 Å². The number of nitrogens with one attached hydrogen (secondary N) is 1. The molecule has 0 spiro atoms. The van der Waals surface area contributed by atoms with Crippen molar-refractivity contribution in [2.75, 3.05) is 25.5 Å². The molecule has 1 unspecified atom stereocenters. The Labute approximate surface area is 103 Å². The van der Waals surface area contributed by atoms with Gasteiger partial charge in [0, 0.05) is 11.8 Å². The molecule has 0 saturated carbocycles. The summed E-state index contributed by atoms with van der Waals surface area (Å²) in [6.07, 6.45) is -2.80. The molecule has 0 bridgehead atoms. The highest BCUT2D eigenvalue weighted by Crippen LogP contribution is 2.20. The van der Waals surface area contributed by atoms with Gasteiger partial charge in [0.15, 0.2) is 0 Å². The van der Waals surface area contributed by atoms with Gasteiger partial charge in [0.2, 0.25) is 0 Å². The Hall–Kier alpha value is -1.34. The Morgan fingerprint density at radius 3 is 2.78 bits per heavy atom. The molecule has 0 aliphatic rings. The minimum Gasteiger partial charge on any atom is -0.383 e. The molecule has 18 heavy (non-hydrogen) atoms. The highest BCUT2D eigenvalue weighted by molar-refractivity contribution is 5.40. The van der Waals surface area contributed by atoms with E-state index >= 15 is 0 Å². The van der Waals surface area contributed by atoms with Gasteiger partial charge < -0.3 is 15.8 Å². The molecule has 0 aliphatic heterocycles. The van der Waals surface area contributed by atoms with Gasteiger partial charge in [-0.25, -0.2) is 4.98 Å². The van der Waals surface area contributed by atoms with Crippen LogP contribution in [-0.2, 0) is 4.74 Å². The van der Waals surface area contributed by atoms with Crippen molar-refractivity contribution in [1.29, 1.82) is 0 Å². The summed E-state index contributed by atoms with van der Waals surface area (Å²) in [7, 11) is 0. The molecule has 0 aliphatic carbocycles. The number of anilines is 1. The zero-order valence-electron chi connectivity index (χ0n) is 10.00. The number of hydrogen-bond donors (Lipinski definition) is 2. The molecule has 1 atom stereocenters. The van der Waals surface area contributed by atoms with E-state index in [2.05, 4.69) is 15.0 Å². The number of nitrogen functional groups attached to an aromatic ring is 1. The number of pyridine rings is 1. The van der Waals surface area contributed by atoms with Crippen molar-refractivity contribution in [1.82, 2.24) is 10.3 Å². The van der Waals surface area contributed by atoms with Crippen molar-refractivity contribution < 1.29 is 17.9 Å². The van der Waals surface area contributed by atoms with Gasteiger partial charge in [0.1, 0.15) is 12.4 Å². The molecule has 0 fully saturated rings. The molecule has 4 nitrogen and oxygen atoms in total. The first kappa shape index (κ1) is 14.7. The molecular formula is C11H16F3N3O. The first-order valence-corrected chi connectivity index (χ1v) is 5.52. The monoisotopic (exact) mass is 263 g/mol. The van der Waals surface area contributed by atoms with Crippen molar-refractivity contribution in [2.45, 2.75) is 19.1 Å². The largest absolute Gasteiger partial charge is 0.411 e. The molecular weight excluding hydrogens is 247 g/mol. The van der Waals surface area contributed by atoms with Crippen LogP contribution in [0.5, 0.6) is 0 Å². The van der Waals surface area contributed by atoms with E-state index in [9.17, 15) is 13.2 Å². The average Bonchev–Trinajstić information content (AvgIpc) is 2.27. The summed E-state index contributed by atoms with van der Waals surface area (Å²) in [5.74, 6) is 0.291. The van der Waals surface area contributed by atoms with Gasteiger partial charge in [-0.05, 0) is 12.6 Å². The van der Waals surface area contributed by atoms with Gasteiger partial charge in [0.25, 0.3) is 0 Å². The van der Waals surface area contributed by atoms with Crippen LogP contribution in [0, 0.1) is 0 Å². The van der Waals surface area contributed by atoms with Crippen LogP contribution in [0.25, 0.3) is 0 Å². The van der Waals surface area contributed by atoms with Crippen LogP contribution in [0.4, 0.5) is 19.0 Å². The number of nitrogens with zero attached hydrogens (tertiary/aromatic N) is 1.